The molecule has 1 aromatic heterocycles. The van der Waals surface area contributed by atoms with Gasteiger partial charge in [0.1, 0.15) is 6.07 Å². The van der Waals surface area contributed by atoms with E-state index in [-0.39, 0.29) is 34.7 Å². The molecular weight excluding hydrogens is 624 g/mol. The summed E-state index contributed by atoms with van der Waals surface area (Å²) in [5, 5.41) is 12.7. The van der Waals surface area contributed by atoms with Gasteiger partial charge in [0.25, 0.3) is 0 Å². The average molecular weight is 648 g/mol. The molecule has 1 aliphatic carbocycles. The van der Waals surface area contributed by atoms with E-state index in [1.165, 1.54) is 12.1 Å². The SMILES string of the molecule is N#Cc1c(N2c3ccccc3C3C=CC=CC32)cc(-c2cc(C(F)(F)F)cc(C(F)(F)F)c2)cc1-n1c2ccccc2c2ccccc21. The number of allylic oxidation sites excluding steroid dienone is 2. The first-order valence-corrected chi connectivity index (χ1v) is 15.1. The van der Waals surface area contributed by atoms with Crippen molar-refractivity contribution in [3.8, 4) is 22.9 Å². The predicted octanol–water partition coefficient (Wildman–Crippen LogP) is 11.1. The van der Waals surface area contributed by atoms with Crippen LogP contribution in [0.1, 0.15) is 28.2 Å². The van der Waals surface area contributed by atoms with Gasteiger partial charge in [-0.3, -0.25) is 0 Å². The van der Waals surface area contributed by atoms with Crippen molar-refractivity contribution in [3.63, 3.8) is 0 Å². The summed E-state index contributed by atoms with van der Waals surface area (Å²) < 4.78 is 86.2. The molecule has 3 nitrogen and oxygen atoms in total. The average Bonchev–Trinajstić information content (AvgIpc) is 3.60. The van der Waals surface area contributed by atoms with Crippen LogP contribution in [0, 0.1) is 11.3 Å². The Balaban J connectivity index is 1.50. The lowest BCUT2D eigenvalue weighted by atomic mass is 9.91. The van der Waals surface area contributed by atoms with E-state index in [1.54, 1.807) is 0 Å². The van der Waals surface area contributed by atoms with Crippen LogP contribution in [0.5, 0.6) is 0 Å². The van der Waals surface area contributed by atoms with Gasteiger partial charge in [-0.15, -0.1) is 0 Å². The monoisotopic (exact) mass is 647 g/mol. The second-order valence-corrected chi connectivity index (χ2v) is 11.9. The summed E-state index contributed by atoms with van der Waals surface area (Å²) in [4.78, 5) is 1.97. The lowest BCUT2D eigenvalue weighted by Gasteiger charge is -2.31. The van der Waals surface area contributed by atoms with Crippen molar-refractivity contribution in [2.45, 2.75) is 24.3 Å². The van der Waals surface area contributed by atoms with Gasteiger partial charge in [0.15, 0.2) is 0 Å². The Hall–Kier alpha value is -5.75. The fourth-order valence-corrected chi connectivity index (χ4v) is 7.13. The number of nitriles is 1. The molecule has 2 unspecified atom stereocenters. The highest BCUT2D eigenvalue weighted by Gasteiger charge is 2.40. The van der Waals surface area contributed by atoms with E-state index in [1.807, 2.05) is 100 Å². The summed E-state index contributed by atoms with van der Waals surface area (Å²) in [6.45, 7) is 0. The molecule has 0 saturated heterocycles. The van der Waals surface area contributed by atoms with Gasteiger partial charge in [0, 0.05) is 22.4 Å². The van der Waals surface area contributed by atoms with Crippen LogP contribution in [0.25, 0.3) is 38.6 Å². The van der Waals surface area contributed by atoms with Gasteiger partial charge in [-0.25, -0.2) is 0 Å². The molecule has 0 fully saturated rings. The van der Waals surface area contributed by atoms with Gasteiger partial charge in [-0.05, 0) is 65.2 Å². The van der Waals surface area contributed by atoms with Crippen LogP contribution in [-0.4, -0.2) is 10.6 Å². The maximum Gasteiger partial charge on any atom is 0.416 e. The Bertz CT molecular complexity index is 2290. The number of benzene rings is 5. The van der Waals surface area contributed by atoms with Crippen LogP contribution in [0.3, 0.4) is 0 Å². The molecule has 9 heteroatoms. The molecule has 2 aliphatic rings. The van der Waals surface area contributed by atoms with Crippen molar-refractivity contribution in [2.75, 3.05) is 4.90 Å². The van der Waals surface area contributed by atoms with Gasteiger partial charge < -0.3 is 9.47 Å². The van der Waals surface area contributed by atoms with Gasteiger partial charge in [-0.1, -0.05) is 78.9 Å². The first-order valence-electron chi connectivity index (χ1n) is 15.1. The maximum atomic E-state index is 14.1. The molecule has 0 N–H and O–H groups in total. The number of anilines is 2. The lowest BCUT2D eigenvalue weighted by molar-refractivity contribution is -0.143. The molecule has 6 aromatic rings. The molecule has 2 atom stereocenters. The fourth-order valence-electron chi connectivity index (χ4n) is 7.13. The highest BCUT2D eigenvalue weighted by atomic mass is 19.4. The van der Waals surface area contributed by atoms with E-state index >= 15 is 0 Å². The molecule has 0 radical (unpaired) electrons. The number of alkyl halides is 6. The zero-order valence-corrected chi connectivity index (χ0v) is 24.9. The molecule has 1 aliphatic heterocycles. The van der Waals surface area contributed by atoms with Crippen molar-refractivity contribution in [2.24, 2.45) is 0 Å². The molecule has 0 saturated carbocycles. The number of hydrogen-bond acceptors (Lipinski definition) is 2. The summed E-state index contributed by atoms with van der Waals surface area (Å²) in [6, 6.07) is 29.5. The highest BCUT2D eigenvalue weighted by molar-refractivity contribution is 6.09. The van der Waals surface area contributed by atoms with Crippen molar-refractivity contribution in [3.05, 3.63) is 150 Å². The van der Waals surface area contributed by atoms with Gasteiger partial charge in [0.05, 0.1) is 45.1 Å². The maximum absolute atomic E-state index is 14.1. The quantitative estimate of drug-likeness (QED) is 0.179. The van der Waals surface area contributed by atoms with E-state index in [0.29, 0.717) is 11.4 Å². The first kappa shape index (κ1) is 29.6. The fraction of sp³-hybridized carbons (Fsp3) is 0.103. The molecule has 8 rings (SSSR count). The summed E-state index contributed by atoms with van der Waals surface area (Å²) in [5.41, 5.74) is 1.21. The summed E-state index contributed by atoms with van der Waals surface area (Å²) >= 11 is 0. The minimum Gasteiger partial charge on any atom is -0.332 e. The van der Waals surface area contributed by atoms with Gasteiger partial charge >= 0.3 is 12.4 Å². The minimum absolute atomic E-state index is 0.0801. The number of fused-ring (bicyclic) bond motifs is 6. The topological polar surface area (TPSA) is 32.0 Å². The van der Waals surface area contributed by atoms with E-state index in [4.69, 9.17) is 0 Å². The van der Waals surface area contributed by atoms with E-state index in [2.05, 4.69) is 12.1 Å². The first-order chi connectivity index (χ1) is 23.0. The second kappa shape index (κ2) is 10.6. The van der Waals surface area contributed by atoms with E-state index < -0.39 is 23.5 Å². The molecule has 0 spiro atoms. The van der Waals surface area contributed by atoms with Crippen LogP contribution in [0.4, 0.5) is 37.7 Å². The van der Waals surface area contributed by atoms with Crippen molar-refractivity contribution < 1.29 is 26.3 Å². The van der Waals surface area contributed by atoms with Gasteiger partial charge in [-0.2, -0.15) is 31.6 Å². The zero-order valence-electron chi connectivity index (χ0n) is 24.9. The number of nitrogens with zero attached hydrogens (tertiary/aromatic N) is 3. The Morgan fingerprint density at radius 1 is 0.583 bits per heavy atom. The third-order valence-corrected chi connectivity index (χ3v) is 9.17. The largest absolute Gasteiger partial charge is 0.416 e. The second-order valence-electron chi connectivity index (χ2n) is 11.9. The van der Waals surface area contributed by atoms with Crippen LogP contribution in [0.2, 0.25) is 0 Å². The smallest absolute Gasteiger partial charge is 0.332 e. The standard InChI is InChI=1S/C39H23F6N3/c40-38(41,42)25-17-23(18-26(21-25)39(43,44)45)24-19-36(47-32-13-5-1-9-27(32)28-10-2-6-14-33(28)47)31(22-46)37(20-24)48-34-15-7-3-11-29(34)30-12-4-8-16-35(30)48/h1-21,27,32H. The number of hydrogen-bond donors (Lipinski definition) is 0. The molecule has 236 valence electrons. The molecule has 2 heterocycles. The number of aromatic nitrogens is 1. The van der Waals surface area contributed by atoms with E-state index in [9.17, 15) is 31.6 Å². The third kappa shape index (κ3) is 4.59. The van der Waals surface area contributed by atoms with E-state index in [0.717, 1.165) is 45.2 Å². The lowest BCUT2D eigenvalue weighted by Crippen LogP contribution is -2.29. The number of rotatable bonds is 3. The Labute approximate surface area is 270 Å². The molecular formula is C39H23F6N3. The van der Waals surface area contributed by atoms with Crippen molar-refractivity contribution in [1.82, 2.24) is 4.57 Å². The Kier molecular flexibility index (Phi) is 6.57. The normalized spacial score (nSPS) is 17.1. The predicted molar refractivity (Wildman–Crippen MR) is 174 cm³/mol. The third-order valence-electron chi connectivity index (χ3n) is 9.17. The van der Waals surface area contributed by atoms with Crippen molar-refractivity contribution >= 4 is 33.2 Å². The summed E-state index contributed by atoms with van der Waals surface area (Å²) in [5.74, 6) is -0.0801. The van der Waals surface area contributed by atoms with Crippen LogP contribution in [-0.2, 0) is 12.4 Å². The minimum atomic E-state index is -5.03. The van der Waals surface area contributed by atoms with Crippen LogP contribution in [0.15, 0.2) is 127 Å². The Morgan fingerprint density at radius 3 is 1.75 bits per heavy atom. The highest BCUT2D eigenvalue weighted by Crippen LogP contribution is 2.50. The molecule has 0 bridgehead atoms. The summed E-state index contributed by atoms with van der Waals surface area (Å²) in [6.07, 6.45) is -2.18. The number of para-hydroxylation sites is 3. The zero-order chi connectivity index (χ0) is 33.4. The Morgan fingerprint density at radius 2 is 1.12 bits per heavy atom. The van der Waals surface area contributed by atoms with Crippen LogP contribution >= 0.6 is 0 Å². The number of halogens is 6. The van der Waals surface area contributed by atoms with Gasteiger partial charge in [0.2, 0.25) is 0 Å². The molecule has 5 aromatic carbocycles. The van der Waals surface area contributed by atoms with Crippen molar-refractivity contribution in [1.29, 1.82) is 5.26 Å². The molecule has 0 amide bonds. The van der Waals surface area contributed by atoms with Crippen LogP contribution < -0.4 is 4.90 Å². The summed E-state index contributed by atoms with van der Waals surface area (Å²) in [7, 11) is 0. The molecule has 48 heavy (non-hydrogen) atoms.